The van der Waals surface area contributed by atoms with E-state index in [1.165, 1.54) is 25.7 Å². The lowest BCUT2D eigenvalue weighted by molar-refractivity contribution is -0.146. The van der Waals surface area contributed by atoms with Crippen LogP contribution in [0.5, 0.6) is 0 Å². The summed E-state index contributed by atoms with van der Waals surface area (Å²) in [4.78, 5) is 14.6. The van der Waals surface area contributed by atoms with Gasteiger partial charge in [0.2, 0.25) is 5.91 Å². The predicted molar refractivity (Wildman–Crippen MR) is 78.4 cm³/mol. The van der Waals surface area contributed by atoms with Crippen LogP contribution in [-0.2, 0) is 9.53 Å². The van der Waals surface area contributed by atoms with Crippen LogP contribution in [0.4, 0.5) is 0 Å². The number of ether oxygens (including phenoxy) is 1. The Morgan fingerprint density at radius 2 is 1.89 bits per heavy atom. The van der Waals surface area contributed by atoms with Crippen molar-refractivity contribution in [2.75, 3.05) is 33.4 Å². The first kappa shape index (κ1) is 16.7. The van der Waals surface area contributed by atoms with Gasteiger partial charge in [0.1, 0.15) is 0 Å². The minimum atomic E-state index is -0.356. The molecule has 0 unspecified atom stereocenters. The lowest BCUT2D eigenvalue weighted by Gasteiger charge is -2.38. The average molecular weight is 291 g/mol. The number of amides is 1. The van der Waals surface area contributed by atoms with E-state index in [1.807, 2.05) is 11.9 Å². The Hall–Kier alpha value is -0.320. The van der Waals surface area contributed by atoms with Gasteiger partial charge in [0, 0.05) is 33.4 Å². The summed E-state index contributed by atoms with van der Waals surface area (Å²) in [6.07, 6.45) is 6.74. The molecule has 1 aliphatic carbocycles. The van der Waals surface area contributed by atoms with E-state index < -0.39 is 0 Å². The highest BCUT2D eigenvalue weighted by Gasteiger charge is 2.40. The normalized spacial score (nSPS) is 22.8. The number of halogens is 1. The molecule has 2 fully saturated rings. The van der Waals surface area contributed by atoms with Crippen LogP contribution in [0, 0.1) is 11.3 Å². The van der Waals surface area contributed by atoms with E-state index in [1.54, 1.807) is 0 Å². The molecule has 0 spiro atoms. The number of nitrogens with two attached hydrogens (primary N) is 1. The van der Waals surface area contributed by atoms with Gasteiger partial charge >= 0.3 is 0 Å². The third-order valence-corrected chi connectivity index (χ3v) is 4.65. The highest BCUT2D eigenvalue weighted by molar-refractivity contribution is 5.85. The molecule has 0 aromatic rings. The van der Waals surface area contributed by atoms with Gasteiger partial charge in [-0.2, -0.15) is 0 Å². The summed E-state index contributed by atoms with van der Waals surface area (Å²) >= 11 is 0. The first-order valence-corrected chi connectivity index (χ1v) is 7.21. The smallest absolute Gasteiger partial charge is 0.229 e. The van der Waals surface area contributed by atoms with Gasteiger partial charge in [0.15, 0.2) is 0 Å². The highest BCUT2D eigenvalue weighted by Crippen LogP contribution is 2.32. The molecule has 0 atom stereocenters. The molecule has 0 radical (unpaired) electrons. The summed E-state index contributed by atoms with van der Waals surface area (Å²) in [5.74, 6) is 0.939. The van der Waals surface area contributed by atoms with Crippen LogP contribution < -0.4 is 5.73 Å². The zero-order valence-electron chi connectivity index (χ0n) is 11.9. The van der Waals surface area contributed by atoms with E-state index in [0.717, 1.165) is 19.4 Å². The Balaban J connectivity index is 0.00000180. The molecule has 1 aliphatic heterocycles. The monoisotopic (exact) mass is 290 g/mol. The molecule has 5 heteroatoms. The lowest BCUT2D eigenvalue weighted by Crippen LogP contribution is -2.50. The van der Waals surface area contributed by atoms with E-state index in [2.05, 4.69) is 0 Å². The largest absolute Gasteiger partial charge is 0.381 e. The molecule has 2 rings (SSSR count). The maximum atomic E-state index is 12.6. The molecular formula is C14H27ClN2O2. The SMILES string of the molecule is CN(CC1CCCC1)C(=O)C1(CN)CCOCC1.Cl. The van der Waals surface area contributed by atoms with Crippen molar-refractivity contribution in [3.8, 4) is 0 Å². The molecule has 0 aromatic carbocycles. The molecular weight excluding hydrogens is 264 g/mol. The van der Waals surface area contributed by atoms with Crippen LogP contribution in [0.15, 0.2) is 0 Å². The van der Waals surface area contributed by atoms with Crippen LogP contribution in [0.25, 0.3) is 0 Å². The van der Waals surface area contributed by atoms with Gasteiger partial charge in [0.25, 0.3) is 0 Å². The number of nitrogens with zero attached hydrogens (tertiary/aromatic N) is 1. The summed E-state index contributed by atoms with van der Waals surface area (Å²) in [6.45, 7) is 2.69. The predicted octanol–water partition coefficient (Wildman–Crippen LogP) is 1.81. The van der Waals surface area contributed by atoms with Crippen LogP contribution in [0.2, 0.25) is 0 Å². The first-order chi connectivity index (χ1) is 8.68. The first-order valence-electron chi connectivity index (χ1n) is 7.21. The third-order valence-electron chi connectivity index (χ3n) is 4.65. The summed E-state index contributed by atoms with van der Waals surface area (Å²) < 4.78 is 5.36. The quantitative estimate of drug-likeness (QED) is 0.859. The molecule has 1 saturated carbocycles. The summed E-state index contributed by atoms with van der Waals surface area (Å²) in [5, 5.41) is 0. The van der Waals surface area contributed by atoms with Crippen LogP contribution in [-0.4, -0.2) is 44.2 Å². The van der Waals surface area contributed by atoms with Crippen molar-refractivity contribution in [2.24, 2.45) is 17.1 Å². The molecule has 1 heterocycles. The van der Waals surface area contributed by atoms with E-state index in [4.69, 9.17) is 10.5 Å². The fourth-order valence-electron chi connectivity index (χ4n) is 3.34. The second-order valence-corrected chi connectivity index (χ2v) is 5.93. The fraction of sp³-hybridized carbons (Fsp3) is 0.929. The van der Waals surface area contributed by atoms with Crippen LogP contribution >= 0.6 is 12.4 Å². The average Bonchev–Trinajstić information content (AvgIpc) is 2.91. The number of hydrogen-bond donors (Lipinski definition) is 1. The van der Waals surface area contributed by atoms with Crippen molar-refractivity contribution in [3.63, 3.8) is 0 Å². The van der Waals surface area contributed by atoms with E-state index in [0.29, 0.717) is 25.7 Å². The van der Waals surface area contributed by atoms with E-state index >= 15 is 0 Å². The maximum Gasteiger partial charge on any atom is 0.229 e. The topological polar surface area (TPSA) is 55.6 Å². The van der Waals surface area contributed by atoms with E-state index in [-0.39, 0.29) is 23.7 Å². The van der Waals surface area contributed by atoms with Gasteiger partial charge in [0.05, 0.1) is 5.41 Å². The van der Waals surface area contributed by atoms with Gasteiger partial charge in [-0.1, -0.05) is 12.8 Å². The fourth-order valence-corrected chi connectivity index (χ4v) is 3.34. The number of carbonyl (C=O) groups is 1. The zero-order chi connectivity index (χ0) is 13.0. The molecule has 1 saturated heterocycles. The van der Waals surface area contributed by atoms with Gasteiger partial charge in [-0.15, -0.1) is 12.4 Å². The standard InChI is InChI=1S/C14H26N2O2.ClH/c1-16(10-12-4-2-3-5-12)13(17)14(11-15)6-8-18-9-7-14;/h12H,2-11,15H2,1H3;1H. The second-order valence-electron chi connectivity index (χ2n) is 5.93. The molecule has 19 heavy (non-hydrogen) atoms. The molecule has 112 valence electrons. The van der Waals surface area contributed by atoms with Crippen molar-refractivity contribution in [1.29, 1.82) is 0 Å². The van der Waals surface area contributed by atoms with Crippen LogP contribution in [0.1, 0.15) is 38.5 Å². The summed E-state index contributed by atoms with van der Waals surface area (Å²) in [6, 6.07) is 0. The van der Waals surface area contributed by atoms with Gasteiger partial charge in [-0.05, 0) is 31.6 Å². The molecule has 2 N–H and O–H groups in total. The zero-order valence-corrected chi connectivity index (χ0v) is 12.7. The van der Waals surface area contributed by atoms with E-state index in [9.17, 15) is 4.79 Å². The lowest BCUT2D eigenvalue weighted by atomic mass is 9.79. The second kappa shape index (κ2) is 7.46. The molecule has 4 nitrogen and oxygen atoms in total. The molecule has 2 aliphatic rings. The third kappa shape index (κ3) is 3.83. The van der Waals surface area contributed by atoms with Gasteiger partial charge < -0.3 is 15.4 Å². The minimum Gasteiger partial charge on any atom is -0.381 e. The summed E-state index contributed by atoms with van der Waals surface area (Å²) in [5.41, 5.74) is 5.53. The molecule has 0 bridgehead atoms. The van der Waals surface area contributed by atoms with Crippen molar-refractivity contribution >= 4 is 18.3 Å². The van der Waals surface area contributed by atoms with Crippen LogP contribution in [0.3, 0.4) is 0 Å². The molecule has 0 aromatic heterocycles. The Morgan fingerprint density at radius 1 is 1.32 bits per heavy atom. The molecule has 1 amide bonds. The van der Waals surface area contributed by atoms with Crippen molar-refractivity contribution in [1.82, 2.24) is 4.90 Å². The van der Waals surface area contributed by atoms with Gasteiger partial charge in [-0.3, -0.25) is 4.79 Å². The van der Waals surface area contributed by atoms with Crippen molar-refractivity contribution < 1.29 is 9.53 Å². The Labute approximate surface area is 122 Å². The maximum absolute atomic E-state index is 12.6. The number of rotatable bonds is 4. The number of carbonyl (C=O) groups excluding carboxylic acids is 1. The van der Waals surface area contributed by atoms with Crippen molar-refractivity contribution in [2.45, 2.75) is 38.5 Å². The van der Waals surface area contributed by atoms with Crippen molar-refractivity contribution in [3.05, 3.63) is 0 Å². The Bertz CT molecular complexity index is 287. The highest BCUT2D eigenvalue weighted by atomic mass is 35.5. The summed E-state index contributed by atoms with van der Waals surface area (Å²) in [7, 11) is 1.94. The Kier molecular flexibility index (Phi) is 6.57. The Morgan fingerprint density at radius 3 is 2.42 bits per heavy atom. The van der Waals surface area contributed by atoms with Gasteiger partial charge in [-0.25, -0.2) is 0 Å². The minimum absolute atomic E-state index is 0. The number of hydrogen-bond acceptors (Lipinski definition) is 3.